The molecule has 1 aliphatic carbocycles. The summed E-state index contributed by atoms with van der Waals surface area (Å²) in [6, 6.07) is 4.20. The van der Waals surface area contributed by atoms with Crippen molar-refractivity contribution < 1.29 is 23.6 Å². The summed E-state index contributed by atoms with van der Waals surface area (Å²) in [7, 11) is 3.82. The molecule has 40 heavy (non-hydrogen) atoms. The highest BCUT2D eigenvalue weighted by Gasteiger charge is 2.59. The van der Waals surface area contributed by atoms with E-state index in [9.17, 15) is 23.6 Å². The number of nitrogens with zero attached hydrogens (tertiary/aromatic N) is 6. The van der Waals surface area contributed by atoms with E-state index in [-0.39, 0.29) is 35.6 Å². The molecular formula is C28H30ClFN6O4. The van der Waals surface area contributed by atoms with Crippen LogP contribution in [0.3, 0.4) is 0 Å². The van der Waals surface area contributed by atoms with Crippen molar-refractivity contribution >= 4 is 35.1 Å². The predicted molar refractivity (Wildman–Crippen MR) is 142 cm³/mol. The highest BCUT2D eigenvalue weighted by molar-refractivity contribution is 6.43. The van der Waals surface area contributed by atoms with E-state index in [1.165, 1.54) is 28.0 Å². The summed E-state index contributed by atoms with van der Waals surface area (Å²) >= 11 is 5.90. The number of carbonyl (C=O) groups is 4. The number of amides is 3. The van der Waals surface area contributed by atoms with Gasteiger partial charge in [-0.25, -0.2) is 4.39 Å². The lowest BCUT2D eigenvalue weighted by molar-refractivity contribution is -0.154. The second kappa shape index (κ2) is 10.1. The van der Waals surface area contributed by atoms with Gasteiger partial charge in [0.25, 0.3) is 11.8 Å². The lowest BCUT2D eigenvalue weighted by Gasteiger charge is -2.39. The Balaban J connectivity index is 1.24. The molecule has 3 aliphatic heterocycles. The molecule has 210 valence electrons. The number of benzene rings is 1. The molecule has 1 saturated carbocycles. The zero-order valence-corrected chi connectivity index (χ0v) is 23.1. The van der Waals surface area contributed by atoms with Crippen LogP contribution in [0.1, 0.15) is 30.4 Å². The van der Waals surface area contributed by atoms with E-state index in [4.69, 9.17) is 11.6 Å². The molecule has 3 fully saturated rings. The Hall–Kier alpha value is -3.57. The Kier molecular flexibility index (Phi) is 6.74. The van der Waals surface area contributed by atoms with Crippen LogP contribution in [0.15, 0.2) is 41.9 Å². The van der Waals surface area contributed by atoms with E-state index in [1.54, 1.807) is 15.8 Å². The normalized spacial score (nSPS) is 23.1. The first-order valence-corrected chi connectivity index (χ1v) is 13.8. The first-order valence-electron chi connectivity index (χ1n) is 13.4. The maximum absolute atomic E-state index is 13.9. The molecule has 4 heterocycles. The second-order valence-corrected chi connectivity index (χ2v) is 11.5. The summed E-state index contributed by atoms with van der Waals surface area (Å²) < 4.78 is 15.3. The van der Waals surface area contributed by atoms with Gasteiger partial charge < -0.3 is 14.7 Å². The van der Waals surface area contributed by atoms with Crippen LogP contribution in [0.5, 0.6) is 0 Å². The molecule has 0 N–H and O–H groups in total. The molecule has 0 bridgehead atoms. The van der Waals surface area contributed by atoms with Gasteiger partial charge in [-0.3, -0.25) is 28.8 Å². The Morgan fingerprint density at radius 3 is 2.58 bits per heavy atom. The van der Waals surface area contributed by atoms with E-state index in [2.05, 4.69) is 10.00 Å². The van der Waals surface area contributed by atoms with Gasteiger partial charge in [-0.1, -0.05) is 17.7 Å². The first kappa shape index (κ1) is 26.6. The third-order valence-electron chi connectivity index (χ3n) is 8.18. The molecule has 0 spiro atoms. The monoisotopic (exact) mass is 568 g/mol. The fraction of sp³-hybridized carbons (Fsp3) is 0.464. The van der Waals surface area contributed by atoms with Crippen LogP contribution in [0.25, 0.3) is 0 Å². The average Bonchev–Trinajstić information content (AvgIpc) is 3.61. The van der Waals surface area contributed by atoms with Crippen LogP contribution < -0.4 is 0 Å². The van der Waals surface area contributed by atoms with Crippen molar-refractivity contribution in [3.63, 3.8) is 0 Å². The van der Waals surface area contributed by atoms with Crippen molar-refractivity contribution in [1.29, 1.82) is 0 Å². The van der Waals surface area contributed by atoms with Crippen molar-refractivity contribution in [2.24, 2.45) is 18.9 Å². The Morgan fingerprint density at radius 1 is 1.12 bits per heavy atom. The quantitative estimate of drug-likeness (QED) is 0.356. The van der Waals surface area contributed by atoms with E-state index in [0.717, 1.165) is 18.4 Å². The van der Waals surface area contributed by atoms with Crippen LogP contribution in [-0.2, 0) is 39.3 Å². The molecule has 2 unspecified atom stereocenters. The number of hydrogen-bond donors (Lipinski definition) is 0. The SMILES string of the molecule is CN(CCN1C(=O)C2=C3CCN(Cc4ccc(F)c(Cl)c4)C(=O)C3C(=O)C(=O)N2C1C1CC1)Cc1cnn(C)c1. The maximum atomic E-state index is 13.9. The van der Waals surface area contributed by atoms with Gasteiger partial charge in [-0.05, 0) is 55.5 Å². The van der Waals surface area contributed by atoms with Crippen molar-refractivity contribution in [1.82, 2.24) is 29.4 Å². The number of carbonyl (C=O) groups excluding carboxylic acids is 4. The number of aromatic nitrogens is 2. The van der Waals surface area contributed by atoms with Crippen LogP contribution in [0.2, 0.25) is 5.02 Å². The number of piperidine rings is 1. The number of likely N-dealkylation sites (N-methyl/N-ethyl adjacent to an activating group) is 1. The second-order valence-electron chi connectivity index (χ2n) is 11.1. The van der Waals surface area contributed by atoms with Crippen molar-refractivity contribution in [3.05, 3.63) is 63.8 Å². The van der Waals surface area contributed by atoms with Crippen molar-refractivity contribution in [2.75, 3.05) is 26.7 Å². The lowest BCUT2D eigenvalue weighted by atomic mass is 9.82. The topological polar surface area (TPSA) is 99.1 Å². The van der Waals surface area contributed by atoms with Gasteiger partial charge in [0.2, 0.25) is 11.7 Å². The third kappa shape index (κ3) is 4.60. The number of rotatable bonds is 8. The summed E-state index contributed by atoms with van der Waals surface area (Å²) in [6.07, 6.45) is 5.28. The summed E-state index contributed by atoms with van der Waals surface area (Å²) in [5.74, 6) is -4.15. The molecule has 10 nitrogen and oxygen atoms in total. The summed E-state index contributed by atoms with van der Waals surface area (Å²) in [6.45, 7) is 2.01. The largest absolute Gasteiger partial charge is 0.337 e. The van der Waals surface area contributed by atoms with Gasteiger partial charge in [-0.2, -0.15) is 5.10 Å². The molecule has 2 aromatic rings. The smallest absolute Gasteiger partial charge is 0.297 e. The van der Waals surface area contributed by atoms with Gasteiger partial charge in [0.05, 0.1) is 11.2 Å². The molecule has 1 aromatic heterocycles. The van der Waals surface area contributed by atoms with Crippen molar-refractivity contribution in [2.45, 2.75) is 38.5 Å². The van der Waals surface area contributed by atoms with Crippen molar-refractivity contribution in [3.8, 4) is 0 Å². The molecule has 3 amide bonds. The van der Waals surface area contributed by atoms with E-state index in [0.29, 0.717) is 37.2 Å². The van der Waals surface area contributed by atoms with Gasteiger partial charge in [0.1, 0.15) is 23.6 Å². The maximum Gasteiger partial charge on any atom is 0.297 e. The van der Waals surface area contributed by atoms with Gasteiger partial charge in [-0.15, -0.1) is 0 Å². The zero-order chi connectivity index (χ0) is 28.3. The Bertz CT molecular complexity index is 1450. The highest BCUT2D eigenvalue weighted by atomic mass is 35.5. The Morgan fingerprint density at radius 2 is 1.90 bits per heavy atom. The fourth-order valence-electron chi connectivity index (χ4n) is 6.09. The number of halogens is 2. The molecule has 4 aliphatic rings. The highest BCUT2D eigenvalue weighted by Crippen LogP contribution is 2.47. The molecular weight excluding hydrogens is 539 g/mol. The molecule has 2 saturated heterocycles. The summed E-state index contributed by atoms with van der Waals surface area (Å²) in [4.78, 5) is 60.9. The van der Waals surface area contributed by atoms with Crippen LogP contribution >= 0.6 is 11.6 Å². The third-order valence-corrected chi connectivity index (χ3v) is 8.47. The van der Waals surface area contributed by atoms with Gasteiger partial charge >= 0.3 is 0 Å². The molecule has 1 aromatic carbocycles. The van der Waals surface area contributed by atoms with Crippen LogP contribution in [0.4, 0.5) is 4.39 Å². The van der Waals surface area contributed by atoms with E-state index in [1.807, 2.05) is 20.3 Å². The predicted octanol–water partition coefficient (Wildman–Crippen LogP) is 1.94. The standard InChI is InChI=1S/C28H30ClFN6O4/c1-32(13-17-12-31-33(2)14-17)9-10-35-25(18-4-5-18)36-23(27(35)39)19-7-8-34(26(38)22(19)24(37)28(36)40)15-16-3-6-21(30)20(29)11-16/h3,6,11-12,14,18,22,25H,4-5,7-10,13,15H2,1-2H3. The number of hydrogen-bond acceptors (Lipinski definition) is 6. The molecule has 0 radical (unpaired) electrons. The minimum absolute atomic E-state index is 0.0573. The number of Topliss-reactive ketones (excluding diaryl/α,β-unsaturated/α-hetero) is 1. The number of likely N-dealkylation sites (tertiary alicyclic amines) is 1. The molecule has 2 atom stereocenters. The van der Waals surface area contributed by atoms with Crippen LogP contribution in [0, 0.1) is 17.7 Å². The van der Waals surface area contributed by atoms with E-state index < -0.39 is 35.5 Å². The minimum Gasteiger partial charge on any atom is -0.337 e. The van der Waals surface area contributed by atoms with E-state index >= 15 is 0 Å². The fourth-order valence-corrected chi connectivity index (χ4v) is 6.29. The first-order chi connectivity index (χ1) is 19.1. The zero-order valence-electron chi connectivity index (χ0n) is 22.3. The Labute approximate surface area is 235 Å². The number of ketones is 1. The number of aryl methyl sites for hydroxylation is 1. The number of fused-ring (bicyclic) bond motifs is 2. The van der Waals surface area contributed by atoms with Gasteiger partial charge in [0.15, 0.2) is 0 Å². The average molecular weight is 569 g/mol. The summed E-state index contributed by atoms with van der Waals surface area (Å²) in [5, 5.41) is 4.14. The molecule has 12 heteroatoms. The van der Waals surface area contributed by atoms with Gasteiger partial charge in [0, 0.05) is 51.5 Å². The van der Waals surface area contributed by atoms with Crippen LogP contribution in [-0.4, -0.2) is 85.7 Å². The lowest BCUT2D eigenvalue weighted by Crippen LogP contribution is -2.55. The summed E-state index contributed by atoms with van der Waals surface area (Å²) in [5.41, 5.74) is 2.30. The minimum atomic E-state index is -1.31. The molecule has 6 rings (SSSR count).